The Morgan fingerprint density at radius 1 is 0.786 bits per heavy atom. The largest absolute Gasteiger partial charge is 0.320 e. The first-order chi connectivity index (χ1) is 6.91. The smallest absolute Gasteiger partial charge is 0.0112 e. The van der Waals surface area contributed by atoms with E-state index in [1.54, 1.807) is 0 Å². The lowest BCUT2D eigenvalue weighted by Crippen LogP contribution is -2.34. The van der Waals surface area contributed by atoms with Crippen molar-refractivity contribution in [2.45, 2.75) is 26.2 Å². The van der Waals surface area contributed by atoms with Crippen LogP contribution in [0.25, 0.3) is 0 Å². The van der Waals surface area contributed by atoms with E-state index in [0.29, 0.717) is 0 Å². The molecule has 0 saturated carbocycles. The van der Waals surface area contributed by atoms with Crippen molar-refractivity contribution in [3.63, 3.8) is 0 Å². The zero-order valence-electron chi connectivity index (χ0n) is 9.66. The van der Waals surface area contributed by atoms with Gasteiger partial charge in [-0.1, -0.05) is 6.92 Å². The first-order valence-corrected chi connectivity index (χ1v) is 5.72. The van der Waals surface area contributed by atoms with Gasteiger partial charge in [0.1, 0.15) is 0 Å². The second kappa shape index (κ2) is 12.8. The summed E-state index contributed by atoms with van der Waals surface area (Å²) in [6.45, 7) is 7.51. The number of hydrogen-bond acceptors (Lipinski definition) is 4. The minimum absolute atomic E-state index is 1.04. The first kappa shape index (κ1) is 13.8. The molecule has 0 aromatic heterocycles. The highest BCUT2D eigenvalue weighted by Crippen LogP contribution is 1.82. The van der Waals surface area contributed by atoms with Crippen molar-refractivity contribution in [3.05, 3.63) is 0 Å². The van der Waals surface area contributed by atoms with E-state index in [2.05, 4.69) is 28.4 Å². The van der Waals surface area contributed by atoms with Gasteiger partial charge < -0.3 is 10.6 Å². The highest BCUT2D eigenvalue weighted by Gasteiger charge is 1.88. The summed E-state index contributed by atoms with van der Waals surface area (Å²) in [4.78, 5) is 0. The molecule has 14 heavy (non-hydrogen) atoms. The van der Waals surface area contributed by atoms with Crippen LogP contribution >= 0.6 is 0 Å². The number of hydrogen-bond donors (Lipinski definition) is 4. The van der Waals surface area contributed by atoms with Crippen molar-refractivity contribution in [3.8, 4) is 0 Å². The summed E-state index contributed by atoms with van der Waals surface area (Å²) >= 11 is 0. The maximum atomic E-state index is 3.29. The Hall–Kier alpha value is -0.160. The molecule has 4 nitrogen and oxygen atoms in total. The molecule has 86 valence electrons. The molecule has 0 aliphatic rings. The van der Waals surface area contributed by atoms with Crippen LogP contribution in [0.3, 0.4) is 0 Å². The van der Waals surface area contributed by atoms with E-state index >= 15 is 0 Å². The molecule has 4 heteroatoms. The van der Waals surface area contributed by atoms with E-state index in [9.17, 15) is 0 Å². The number of rotatable bonds is 11. The summed E-state index contributed by atoms with van der Waals surface area (Å²) in [7, 11) is 1.99. The fraction of sp³-hybridized carbons (Fsp3) is 1.00. The zero-order chi connectivity index (χ0) is 10.5. The van der Waals surface area contributed by atoms with Gasteiger partial charge in [0.05, 0.1) is 0 Å². The zero-order valence-corrected chi connectivity index (χ0v) is 9.66. The Kier molecular flexibility index (Phi) is 12.7. The topological polar surface area (TPSA) is 48.1 Å². The molecular weight excluding hydrogens is 176 g/mol. The van der Waals surface area contributed by atoms with E-state index < -0.39 is 0 Å². The van der Waals surface area contributed by atoms with E-state index in [4.69, 9.17) is 0 Å². The van der Waals surface area contributed by atoms with Crippen LogP contribution in [0.4, 0.5) is 0 Å². The van der Waals surface area contributed by atoms with Gasteiger partial charge in [-0.15, -0.1) is 0 Å². The number of hydrazine groups is 1. The van der Waals surface area contributed by atoms with Crippen LogP contribution in [0.5, 0.6) is 0 Å². The summed E-state index contributed by atoms with van der Waals surface area (Å²) in [6.07, 6.45) is 3.64. The number of nitrogens with one attached hydrogen (secondary N) is 4. The molecule has 0 aromatic carbocycles. The highest BCUT2D eigenvalue weighted by atomic mass is 15.3. The van der Waals surface area contributed by atoms with Crippen LogP contribution in [-0.2, 0) is 0 Å². The highest BCUT2D eigenvalue weighted by molar-refractivity contribution is 4.49. The minimum atomic E-state index is 1.04. The molecule has 0 aliphatic heterocycles. The van der Waals surface area contributed by atoms with Gasteiger partial charge in [-0.25, -0.2) is 0 Å². The average molecular weight is 202 g/mol. The lowest BCUT2D eigenvalue weighted by Gasteiger charge is -2.06. The van der Waals surface area contributed by atoms with Gasteiger partial charge in [0, 0.05) is 13.1 Å². The van der Waals surface area contributed by atoms with Crippen molar-refractivity contribution < 1.29 is 0 Å². The third kappa shape index (κ3) is 11.8. The van der Waals surface area contributed by atoms with E-state index in [1.807, 2.05) is 7.05 Å². The fourth-order valence-corrected chi connectivity index (χ4v) is 1.17. The van der Waals surface area contributed by atoms with Gasteiger partial charge in [-0.05, 0) is 45.9 Å². The Morgan fingerprint density at radius 3 is 2.07 bits per heavy atom. The number of unbranched alkanes of at least 4 members (excludes halogenated alkanes) is 1. The molecule has 0 saturated heterocycles. The van der Waals surface area contributed by atoms with Crippen LogP contribution in [-0.4, -0.2) is 39.8 Å². The van der Waals surface area contributed by atoms with Crippen LogP contribution in [0.1, 0.15) is 26.2 Å². The lowest BCUT2D eigenvalue weighted by molar-refractivity contribution is 0.494. The Labute approximate surface area is 88.2 Å². The van der Waals surface area contributed by atoms with Gasteiger partial charge in [-0.2, -0.15) is 0 Å². The summed E-state index contributed by atoms with van der Waals surface area (Å²) in [5, 5.41) is 6.43. The average Bonchev–Trinajstić information content (AvgIpc) is 2.21. The Balaban J connectivity index is 2.78. The fourth-order valence-electron chi connectivity index (χ4n) is 1.17. The van der Waals surface area contributed by atoms with Crippen LogP contribution in [0.2, 0.25) is 0 Å². The van der Waals surface area contributed by atoms with Crippen LogP contribution in [0, 0.1) is 0 Å². The van der Waals surface area contributed by atoms with Crippen LogP contribution in [0.15, 0.2) is 0 Å². The van der Waals surface area contributed by atoms with Crippen molar-refractivity contribution in [1.29, 1.82) is 0 Å². The molecule has 0 spiro atoms. The van der Waals surface area contributed by atoms with Gasteiger partial charge >= 0.3 is 0 Å². The van der Waals surface area contributed by atoms with Crippen molar-refractivity contribution in [1.82, 2.24) is 21.5 Å². The maximum Gasteiger partial charge on any atom is 0.0112 e. The van der Waals surface area contributed by atoms with Crippen LogP contribution < -0.4 is 21.5 Å². The quantitative estimate of drug-likeness (QED) is 0.283. The molecule has 0 atom stereocenters. The molecule has 0 aromatic rings. The molecule has 0 bridgehead atoms. The third-order valence-electron chi connectivity index (χ3n) is 2.01. The maximum absolute atomic E-state index is 3.29. The standard InChI is InChI=1S/C10H26N4/c1-3-12-8-6-10-14-13-9-5-4-7-11-2/h11-14H,3-10H2,1-2H3. The monoisotopic (exact) mass is 202 g/mol. The minimum Gasteiger partial charge on any atom is -0.320 e. The molecule has 0 fully saturated rings. The SMILES string of the molecule is CCNCCCNNCCCCNC. The van der Waals surface area contributed by atoms with E-state index in [1.165, 1.54) is 19.3 Å². The van der Waals surface area contributed by atoms with Gasteiger partial charge in [0.2, 0.25) is 0 Å². The molecule has 0 radical (unpaired) electrons. The summed E-state index contributed by atoms with van der Waals surface area (Å²) in [5.41, 5.74) is 6.43. The lowest BCUT2D eigenvalue weighted by atomic mass is 10.3. The second-order valence-corrected chi connectivity index (χ2v) is 3.37. The molecule has 0 rings (SSSR count). The Bertz CT molecular complexity index is 86.1. The first-order valence-electron chi connectivity index (χ1n) is 5.72. The second-order valence-electron chi connectivity index (χ2n) is 3.37. The summed E-state index contributed by atoms with van der Waals surface area (Å²) < 4.78 is 0. The van der Waals surface area contributed by atoms with Crippen molar-refractivity contribution in [2.24, 2.45) is 0 Å². The summed E-state index contributed by atoms with van der Waals surface area (Å²) in [5.74, 6) is 0. The van der Waals surface area contributed by atoms with E-state index in [-0.39, 0.29) is 0 Å². The molecular formula is C10H26N4. The van der Waals surface area contributed by atoms with Gasteiger partial charge in [-0.3, -0.25) is 10.9 Å². The van der Waals surface area contributed by atoms with Crippen molar-refractivity contribution in [2.75, 3.05) is 39.8 Å². The van der Waals surface area contributed by atoms with Gasteiger partial charge in [0.15, 0.2) is 0 Å². The molecule has 0 aliphatic carbocycles. The third-order valence-corrected chi connectivity index (χ3v) is 2.01. The predicted molar refractivity (Wildman–Crippen MR) is 62.3 cm³/mol. The molecule has 4 N–H and O–H groups in total. The Morgan fingerprint density at radius 2 is 1.43 bits per heavy atom. The molecule has 0 unspecified atom stereocenters. The van der Waals surface area contributed by atoms with Crippen molar-refractivity contribution >= 4 is 0 Å². The van der Waals surface area contributed by atoms with E-state index in [0.717, 1.165) is 32.7 Å². The normalized spacial score (nSPS) is 10.7. The summed E-state index contributed by atoms with van der Waals surface area (Å²) in [6, 6.07) is 0. The predicted octanol–water partition coefficient (Wildman–Crippen LogP) is 0.0798. The molecule has 0 heterocycles. The van der Waals surface area contributed by atoms with Gasteiger partial charge in [0.25, 0.3) is 0 Å². The molecule has 0 amide bonds.